The van der Waals surface area contributed by atoms with Crippen LogP contribution in [0.2, 0.25) is 0 Å². The van der Waals surface area contributed by atoms with E-state index in [2.05, 4.69) is 6.07 Å². The lowest BCUT2D eigenvalue weighted by molar-refractivity contribution is 1.25. The summed E-state index contributed by atoms with van der Waals surface area (Å²) >= 11 is 0. The van der Waals surface area contributed by atoms with Gasteiger partial charge in [-0.25, -0.2) is 0 Å². The molecular weight excluding hydrogens is 148 g/mol. The molecule has 0 aliphatic carbocycles. The van der Waals surface area contributed by atoms with Gasteiger partial charge in [0.25, 0.3) is 0 Å². The number of rotatable bonds is 0. The van der Waals surface area contributed by atoms with Crippen LogP contribution >= 0.6 is 0 Å². The Hall–Kier alpha value is -1.49. The molecule has 1 rings (SSSR count). The summed E-state index contributed by atoms with van der Waals surface area (Å²) in [6, 6.07) is 3.95. The number of nitrogen functional groups attached to an aromatic ring is 1. The number of anilines is 1. The Morgan fingerprint density at radius 2 is 1.83 bits per heavy atom. The van der Waals surface area contributed by atoms with Crippen LogP contribution in [-0.4, -0.2) is 0 Å². The Morgan fingerprint density at radius 3 is 2.33 bits per heavy atom. The summed E-state index contributed by atoms with van der Waals surface area (Å²) in [7, 11) is 0. The molecule has 12 heavy (non-hydrogen) atoms. The molecule has 1 aromatic carbocycles. The van der Waals surface area contributed by atoms with Crippen LogP contribution in [0, 0.1) is 32.1 Å². The normalized spacial score (nSPS) is 9.50. The Balaban J connectivity index is 3.54. The Morgan fingerprint density at radius 1 is 1.25 bits per heavy atom. The molecule has 62 valence electrons. The minimum absolute atomic E-state index is 0.582. The van der Waals surface area contributed by atoms with E-state index in [1.54, 1.807) is 0 Å². The second-order valence-electron chi connectivity index (χ2n) is 3.02. The van der Waals surface area contributed by atoms with Gasteiger partial charge in [-0.15, -0.1) is 0 Å². The highest BCUT2D eigenvalue weighted by Crippen LogP contribution is 2.22. The number of benzene rings is 1. The average Bonchev–Trinajstić information content (AvgIpc) is 2.01. The molecule has 0 saturated heterocycles. The lowest BCUT2D eigenvalue weighted by Gasteiger charge is -2.08. The minimum atomic E-state index is 0.582. The van der Waals surface area contributed by atoms with E-state index in [4.69, 9.17) is 11.0 Å². The van der Waals surface area contributed by atoms with Gasteiger partial charge in [0.1, 0.15) is 6.07 Å². The average molecular weight is 160 g/mol. The number of aryl methyl sites for hydroxylation is 1. The maximum atomic E-state index is 8.78. The fourth-order valence-electron chi connectivity index (χ4n) is 1.26. The van der Waals surface area contributed by atoms with E-state index < -0.39 is 0 Å². The quantitative estimate of drug-likeness (QED) is 0.590. The first kappa shape index (κ1) is 8.61. The molecule has 2 N–H and O–H groups in total. The molecule has 0 amide bonds. The molecule has 0 saturated carbocycles. The summed E-state index contributed by atoms with van der Waals surface area (Å²) in [6.07, 6.45) is 0. The molecule has 0 bridgehead atoms. The summed E-state index contributed by atoms with van der Waals surface area (Å²) in [4.78, 5) is 0. The van der Waals surface area contributed by atoms with E-state index in [0.717, 1.165) is 16.7 Å². The number of nitrogens with zero attached hydrogens (tertiary/aromatic N) is 1. The highest BCUT2D eigenvalue weighted by Gasteiger charge is 2.06. The first-order chi connectivity index (χ1) is 5.57. The van der Waals surface area contributed by atoms with Crippen LogP contribution in [0.1, 0.15) is 22.3 Å². The third-order valence-electron chi connectivity index (χ3n) is 2.30. The lowest BCUT2D eigenvalue weighted by Crippen LogP contribution is -1.97. The molecule has 2 nitrogen and oxygen atoms in total. The van der Waals surface area contributed by atoms with Crippen molar-refractivity contribution in [3.05, 3.63) is 28.3 Å². The topological polar surface area (TPSA) is 49.8 Å². The fraction of sp³-hybridized carbons (Fsp3) is 0.300. The van der Waals surface area contributed by atoms with Crippen molar-refractivity contribution in [1.82, 2.24) is 0 Å². The Bertz CT molecular complexity index is 359. The van der Waals surface area contributed by atoms with Crippen LogP contribution in [0.4, 0.5) is 5.69 Å². The Labute approximate surface area is 72.6 Å². The molecule has 0 atom stereocenters. The van der Waals surface area contributed by atoms with Crippen molar-refractivity contribution in [1.29, 1.82) is 5.26 Å². The molecule has 0 radical (unpaired) electrons. The molecular formula is C10H12N2. The molecule has 0 aliphatic heterocycles. The fourth-order valence-corrected chi connectivity index (χ4v) is 1.26. The van der Waals surface area contributed by atoms with Crippen molar-refractivity contribution in [2.45, 2.75) is 20.8 Å². The standard InChI is InChI=1S/C10H12N2/c1-6-4-10(12)9(5-11)8(3)7(6)2/h4H,12H2,1-3H3. The van der Waals surface area contributed by atoms with Crippen LogP contribution < -0.4 is 5.73 Å². The van der Waals surface area contributed by atoms with Crippen molar-refractivity contribution in [3.8, 4) is 6.07 Å². The van der Waals surface area contributed by atoms with Gasteiger partial charge in [-0.05, 0) is 43.5 Å². The van der Waals surface area contributed by atoms with Gasteiger partial charge in [0.15, 0.2) is 0 Å². The van der Waals surface area contributed by atoms with Crippen molar-refractivity contribution >= 4 is 5.69 Å². The van der Waals surface area contributed by atoms with Crippen LogP contribution in [0.15, 0.2) is 6.07 Å². The summed E-state index contributed by atoms with van der Waals surface area (Å²) in [5, 5.41) is 8.78. The highest BCUT2D eigenvalue weighted by molar-refractivity contribution is 5.61. The number of hydrogen-bond donors (Lipinski definition) is 1. The van der Waals surface area contributed by atoms with Crippen LogP contribution in [0.25, 0.3) is 0 Å². The smallest absolute Gasteiger partial charge is 0.102 e. The molecule has 0 fully saturated rings. The van der Waals surface area contributed by atoms with Crippen molar-refractivity contribution < 1.29 is 0 Å². The van der Waals surface area contributed by atoms with E-state index in [1.165, 1.54) is 0 Å². The monoisotopic (exact) mass is 160 g/mol. The van der Waals surface area contributed by atoms with Crippen molar-refractivity contribution in [2.24, 2.45) is 0 Å². The summed E-state index contributed by atoms with van der Waals surface area (Å²) in [6.45, 7) is 5.93. The number of nitriles is 1. The predicted molar refractivity (Wildman–Crippen MR) is 49.8 cm³/mol. The van der Waals surface area contributed by atoms with Crippen molar-refractivity contribution in [3.63, 3.8) is 0 Å². The maximum Gasteiger partial charge on any atom is 0.102 e. The lowest BCUT2D eigenvalue weighted by atomic mass is 9.98. The molecule has 1 aromatic rings. The SMILES string of the molecule is Cc1cc(N)c(C#N)c(C)c1C. The van der Waals surface area contributed by atoms with E-state index in [9.17, 15) is 0 Å². The zero-order valence-corrected chi connectivity index (χ0v) is 7.60. The molecule has 2 heteroatoms. The first-order valence-electron chi connectivity index (χ1n) is 3.84. The predicted octanol–water partition coefficient (Wildman–Crippen LogP) is 2.07. The third kappa shape index (κ3) is 1.14. The molecule has 0 unspecified atom stereocenters. The van der Waals surface area contributed by atoms with Crippen LogP contribution in [0.3, 0.4) is 0 Å². The zero-order chi connectivity index (χ0) is 9.30. The second-order valence-corrected chi connectivity index (χ2v) is 3.02. The van der Waals surface area contributed by atoms with E-state index in [-0.39, 0.29) is 0 Å². The summed E-state index contributed by atoms with van der Waals surface area (Å²) < 4.78 is 0. The highest BCUT2D eigenvalue weighted by atomic mass is 14.6. The third-order valence-corrected chi connectivity index (χ3v) is 2.30. The molecule has 0 aliphatic rings. The first-order valence-corrected chi connectivity index (χ1v) is 3.84. The van der Waals surface area contributed by atoms with Gasteiger partial charge in [0.05, 0.1) is 5.56 Å². The van der Waals surface area contributed by atoms with Gasteiger partial charge in [0.2, 0.25) is 0 Å². The zero-order valence-electron chi connectivity index (χ0n) is 7.60. The summed E-state index contributed by atoms with van der Waals surface area (Å²) in [5.74, 6) is 0. The van der Waals surface area contributed by atoms with Crippen molar-refractivity contribution in [2.75, 3.05) is 5.73 Å². The van der Waals surface area contributed by atoms with Gasteiger partial charge >= 0.3 is 0 Å². The molecule has 0 aromatic heterocycles. The van der Waals surface area contributed by atoms with Gasteiger partial charge in [-0.2, -0.15) is 5.26 Å². The van der Waals surface area contributed by atoms with Gasteiger partial charge in [0, 0.05) is 5.69 Å². The Kier molecular flexibility index (Phi) is 2.05. The number of hydrogen-bond acceptors (Lipinski definition) is 2. The largest absolute Gasteiger partial charge is 0.398 e. The number of nitrogens with two attached hydrogens (primary N) is 1. The molecule has 0 spiro atoms. The second kappa shape index (κ2) is 2.86. The van der Waals surface area contributed by atoms with Crippen LogP contribution in [-0.2, 0) is 0 Å². The van der Waals surface area contributed by atoms with E-state index in [1.807, 2.05) is 26.8 Å². The van der Waals surface area contributed by atoms with Crippen LogP contribution in [0.5, 0.6) is 0 Å². The van der Waals surface area contributed by atoms with Gasteiger partial charge in [-0.3, -0.25) is 0 Å². The van der Waals surface area contributed by atoms with Gasteiger partial charge < -0.3 is 5.73 Å². The summed E-state index contributed by atoms with van der Waals surface area (Å²) in [5.41, 5.74) is 10.2. The minimum Gasteiger partial charge on any atom is -0.398 e. The van der Waals surface area contributed by atoms with E-state index in [0.29, 0.717) is 11.3 Å². The molecule has 0 heterocycles. The van der Waals surface area contributed by atoms with E-state index >= 15 is 0 Å². The van der Waals surface area contributed by atoms with Gasteiger partial charge in [-0.1, -0.05) is 0 Å². The maximum absolute atomic E-state index is 8.78.